The number of ketones is 1. The van der Waals surface area contributed by atoms with E-state index < -0.39 is 0 Å². The molecule has 0 bridgehead atoms. The first kappa shape index (κ1) is 25.0. The molecule has 2 unspecified atom stereocenters. The van der Waals surface area contributed by atoms with Crippen molar-refractivity contribution >= 4 is 17.6 Å². The third-order valence-corrected chi connectivity index (χ3v) is 7.18. The van der Waals surface area contributed by atoms with E-state index in [1.165, 1.54) is 57.8 Å². The lowest BCUT2D eigenvalue weighted by Gasteiger charge is -2.38. The van der Waals surface area contributed by atoms with E-state index in [-0.39, 0.29) is 35.6 Å². The molecule has 2 fully saturated rings. The number of piperidine rings is 1. The summed E-state index contributed by atoms with van der Waals surface area (Å²) in [5, 5.41) is 0. The van der Waals surface area contributed by atoms with Crippen LogP contribution in [0.4, 0.5) is 0 Å². The molecule has 2 atom stereocenters. The highest BCUT2D eigenvalue weighted by Gasteiger charge is 2.42. The summed E-state index contributed by atoms with van der Waals surface area (Å²) >= 11 is 0. The second-order valence-electron chi connectivity index (χ2n) is 9.53. The molecule has 30 heavy (non-hydrogen) atoms. The van der Waals surface area contributed by atoms with Crippen LogP contribution >= 0.6 is 0 Å². The summed E-state index contributed by atoms with van der Waals surface area (Å²) in [5.74, 6) is 0.170. The Kier molecular flexibility index (Phi) is 11.0. The molecule has 0 aromatic rings. The molecule has 172 valence electrons. The zero-order chi connectivity index (χ0) is 21.9. The number of carbonyl (C=O) groups is 3. The van der Waals surface area contributed by atoms with Gasteiger partial charge in [0.2, 0.25) is 11.8 Å². The van der Waals surface area contributed by atoms with Gasteiger partial charge < -0.3 is 0 Å². The lowest BCUT2D eigenvalue weighted by atomic mass is 9.98. The molecular formula is C25H44N2O3. The molecule has 5 nitrogen and oxygen atoms in total. The molecule has 2 heterocycles. The van der Waals surface area contributed by atoms with E-state index in [0.717, 1.165) is 38.8 Å². The van der Waals surface area contributed by atoms with Gasteiger partial charge in [0.1, 0.15) is 5.78 Å². The van der Waals surface area contributed by atoms with E-state index in [0.29, 0.717) is 6.42 Å². The summed E-state index contributed by atoms with van der Waals surface area (Å²) in [6.07, 6.45) is 15.7. The van der Waals surface area contributed by atoms with Gasteiger partial charge in [0.15, 0.2) is 0 Å². The van der Waals surface area contributed by atoms with Crippen LogP contribution in [0.5, 0.6) is 0 Å². The van der Waals surface area contributed by atoms with Crippen molar-refractivity contribution in [3.63, 3.8) is 0 Å². The van der Waals surface area contributed by atoms with Gasteiger partial charge in [0, 0.05) is 31.5 Å². The molecule has 2 rings (SSSR count). The van der Waals surface area contributed by atoms with Gasteiger partial charge in [0.25, 0.3) is 0 Å². The van der Waals surface area contributed by atoms with Gasteiger partial charge in [-0.05, 0) is 33.1 Å². The quantitative estimate of drug-likeness (QED) is 0.289. The van der Waals surface area contributed by atoms with Crippen molar-refractivity contribution in [2.24, 2.45) is 5.92 Å². The van der Waals surface area contributed by atoms with Gasteiger partial charge in [-0.25, -0.2) is 0 Å². The Morgan fingerprint density at radius 3 is 2.00 bits per heavy atom. The van der Waals surface area contributed by atoms with Crippen molar-refractivity contribution in [2.45, 2.75) is 123 Å². The molecule has 2 saturated heterocycles. The van der Waals surface area contributed by atoms with Gasteiger partial charge in [-0.15, -0.1) is 0 Å². The summed E-state index contributed by atoms with van der Waals surface area (Å²) in [5.41, 5.74) is 0. The predicted octanol–water partition coefficient (Wildman–Crippen LogP) is 5.11. The highest BCUT2D eigenvalue weighted by atomic mass is 16.2. The Morgan fingerprint density at radius 1 is 0.933 bits per heavy atom. The number of rotatable bonds is 14. The molecule has 2 amide bonds. The maximum absolute atomic E-state index is 12.9. The highest BCUT2D eigenvalue weighted by Crippen LogP contribution is 2.30. The number of carbonyl (C=O) groups excluding carboxylic acids is 3. The summed E-state index contributed by atoms with van der Waals surface area (Å²) in [4.78, 5) is 40.8. The normalized spacial score (nSPS) is 22.1. The van der Waals surface area contributed by atoms with Crippen LogP contribution in [-0.4, -0.2) is 52.6 Å². The van der Waals surface area contributed by atoms with Crippen LogP contribution in [0, 0.1) is 5.92 Å². The number of Topliss-reactive ketones (excluding diaryl/α,β-unsaturated/α-hetero) is 1. The van der Waals surface area contributed by atoms with Crippen LogP contribution < -0.4 is 0 Å². The maximum Gasteiger partial charge on any atom is 0.233 e. The Morgan fingerprint density at radius 2 is 1.47 bits per heavy atom. The van der Waals surface area contributed by atoms with Crippen molar-refractivity contribution in [1.82, 2.24) is 9.80 Å². The largest absolute Gasteiger partial charge is 0.298 e. The van der Waals surface area contributed by atoms with Crippen molar-refractivity contribution in [3.05, 3.63) is 0 Å². The second-order valence-corrected chi connectivity index (χ2v) is 9.53. The maximum atomic E-state index is 12.9. The molecule has 2 aliphatic heterocycles. The molecule has 0 aromatic heterocycles. The Hall–Kier alpha value is -1.23. The second kappa shape index (κ2) is 13.2. The molecule has 0 radical (unpaired) electrons. The fourth-order valence-corrected chi connectivity index (χ4v) is 4.99. The topological polar surface area (TPSA) is 57.7 Å². The molecular weight excluding hydrogens is 376 g/mol. The van der Waals surface area contributed by atoms with Crippen LogP contribution in [0.3, 0.4) is 0 Å². The Labute approximate surface area is 183 Å². The Balaban J connectivity index is 1.62. The van der Waals surface area contributed by atoms with Gasteiger partial charge in [-0.3, -0.25) is 24.2 Å². The van der Waals surface area contributed by atoms with Crippen LogP contribution in [0.2, 0.25) is 0 Å². The molecule has 0 spiro atoms. The van der Waals surface area contributed by atoms with E-state index in [4.69, 9.17) is 0 Å². The Bertz CT molecular complexity index is 555. The zero-order valence-electron chi connectivity index (χ0n) is 19.7. The van der Waals surface area contributed by atoms with E-state index in [9.17, 15) is 14.4 Å². The van der Waals surface area contributed by atoms with Crippen LogP contribution in [0.15, 0.2) is 0 Å². The number of likely N-dealkylation sites (tertiary alicyclic amines) is 2. The summed E-state index contributed by atoms with van der Waals surface area (Å²) in [7, 11) is 0. The van der Waals surface area contributed by atoms with Crippen molar-refractivity contribution in [2.75, 3.05) is 13.1 Å². The summed E-state index contributed by atoms with van der Waals surface area (Å²) < 4.78 is 0. The summed E-state index contributed by atoms with van der Waals surface area (Å²) in [6, 6.07) is -0.0434. The van der Waals surface area contributed by atoms with Crippen molar-refractivity contribution < 1.29 is 14.4 Å². The predicted molar refractivity (Wildman–Crippen MR) is 121 cm³/mol. The minimum Gasteiger partial charge on any atom is -0.298 e. The third-order valence-electron chi connectivity index (χ3n) is 7.18. The van der Waals surface area contributed by atoms with E-state index in [2.05, 4.69) is 11.8 Å². The highest BCUT2D eigenvalue weighted by molar-refractivity contribution is 6.03. The standard InChI is InChI=1S/C25H44N2O3/c1-4-5-6-7-8-9-10-11-12-13-14-22-19-24(29)27(25(22)30)23-15-17-26(18-16-23)20(2)21(3)28/h20,22-23H,4-19H2,1-3H3. The van der Waals surface area contributed by atoms with Gasteiger partial charge >= 0.3 is 0 Å². The van der Waals surface area contributed by atoms with Gasteiger partial charge in [0.05, 0.1) is 6.04 Å². The average molecular weight is 421 g/mol. The number of unbranched alkanes of at least 4 members (excludes halogenated alkanes) is 9. The first-order valence-corrected chi connectivity index (χ1v) is 12.6. The lowest BCUT2D eigenvalue weighted by molar-refractivity contribution is -0.143. The molecule has 0 aliphatic carbocycles. The summed E-state index contributed by atoms with van der Waals surface area (Å²) in [6.45, 7) is 7.39. The SMILES string of the molecule is CCCCCCCCCCCCC1CC(=O)N(C2CCN(C(C)C(C)=O)CC2)C1=O. The molecule has 0 N–H and O–H groups in total. The first-order chi connectivity index (χ1) is 14.5. The van der Waals surface area contributed by atoms with Crippen molar-refractivity contribution in [3.8, 4) is 0 Å². The van der Waals surface area contributed by atoms with Crippen molar-refractivity contribution in [1.29, 1.82) is 0 Å². The fraction of sp³-hybridized carbons (Fsp3) is 0.880. The third kappa shape index (κ3) is 7.47. The smallest absolute Gasteiger partial charge is 0.233 e. The van der Waals surface area contributed by atoms with Gasteiger partial charge in [-0.1, -0.05) is 71.1 Å². The van der Waals surface area contributed by atoms with E-state index >= 15 is 0 Å². The van der Waals surface area contributed by atoms with Crippen LogP contribution in [-0.2, 0) is 14.4 Å². The molecule has 2 aliphatic rings. The fourth-order valence-electron chi connectivity index (χ4n) is 4.99. The minimum atomic E-state index is -0.0966. The number of amides is 2. The number of imide groups is 1. The lowest BCUT2D eigenvalue weighted by Crippen LogP contribution is -2.50. The zero-order valence-corrected chi connectivity index (χ0v) is 19.7. The minimum absolute atomic E-state index is 0.0233. The average Bonchev–Trinajstić information content (AvgIpc) is 3.02. The van der Waals surface area contributed by atoms with Gasteiger partial charge in [-0.2, -0.15) is 0 Å². The number of hydrogen-bond acceptors (Lipinski definition) is 4. The first-order valence-electron chi connectivity index (χ1n) is 12.6. The van der Waals surface area contributed by atoms with Crippen LogP contribution in [0.1, 0.15) is 111 Å². The van der Waals surface area contributed by atoms with E-state index in [1.807, 2.05) is 6.92 Å². The molecule has 0 aromatic carbocycles. The monoisotopic (exact) mass is 420 g/mol. The molecule has 5 heteroatoms. The molecule has 0 saturated carbocycles. The van der Waals surface area contributed by atoms with Crippen LogP contribution in [0.25, 0.3) is 0 Å². The van der Waals surface area contributed by atoms with E-state index in [1.54, 1.807) is 11.8 Å². The number of nitrogens with zero attached hydrogens (tertiary/aromatic N) is 2. The number of hydrogen-bond donors (Lipinski definition) is 0.